The van der Waals surface area contributed by atoms with Gasteiger partial charge in [0.1, 0.15) is 16.7 Å². The number of hydrogen-bond acceptors (Lipinski definition) is 5. The van der Waals surface area contributed by atoms with E-state index in [1.54, 1.807) is 35.9 Å². The molecule has 0 spiro atoms. The van der Waals surface area contributed by atoms with Crippen LogP contribution in [0.1, 0.15) is 42.5 Å². The second-order valence-electron chi connectivity index (χ2n) is 8.27. The standard InChI is InChI=1S/C22H21BrFN5O2/c1-11-9-29-10-12(8-15(24)19(29)25-11)26-20(30)13-6-7-14(23)17-16(13)27-18(22(2,3)4)21(28-17)31-5/h6-10H,1-5H3,(H,26,30). The number of anilines is 1. The van der Waals surface area contributed by atoms with Gasteiger partial charge in [-0.1, -0.05) is 20.8 Å². The third-order valence-corrected chi connectivity index (χ3v) is 5.41. The molecule has 1 aromatic carbocycles. The average molecular weight is 486 g/mol. The van der Waals surface area contributed by atoms with Gasteiger partial charge in [0, 0.05) is 28.3 Å². The summed E-state index contributed by atoms with van der Waals surface area (Å²) in [6.45, 7) is 7.76. The van der Waals surface area contributed by atoms with E-state index in [-0.39, 0.29) is 11.1 Å². The highest BCUT2D eigenvalue weighted by atomic mass is 79.9. The van der Waals surface area contributed by atoms with Crippen LogP contribution in [0.25, 0.3) is 16.7 Å². The summed E-state index contributed by atoms with van der Waals surface area (Å²) in [5.41, 5.74) is 2.73. The highest BCUT2D eigenvalue weighted by Crippen LogP contribution is 2.33. The molecule has 0 fully saturated rings. The first-order valence-electron chi connectivity index (χ1n) is 9.59. The van der Waals surface area contributed by atoms with E-state index in [9.17, 15) is 9.18 Å². The van der Waals surface area contributed by atoms with Gasteiger partial charge in [-0.3, -0.25) is 4.79 Å². The Morgan fingerprint density at radius 2 is 1.90 bits per heavy atom. The van der Waals surface area contributed by atoms with Crippen molar-refractivity contribution in [1.29, 1.82) is 0 Å². The fourth-order valence-electron chi connectivity index (χ4n) is 3.35. The Hall–Kier alpha value is -3.07. The summed E-state index contributed by atoms with van der Waals surface area (Å²) in [6.07, 6.45) is 3.31. The maximum atomic E-state index is 14.4. The minimum absolute atomic E-state index is 0.206. The lowest BCUT2D eigenvalue weighted by molar-refractivity contribution is 0.102. The first-order chi connectivity index (χ1) is 14.6. The molecule has 7 nitrogen and oxygen atoms in total. The quantitative estimate of drug-likeness (QED) is 0.439. The molecular weight excluding hydrogens is 465 g/mol. The monoisotopic (exact) mass is 485 g/mol. The molecule has 4 rings (SSSR count). The summed E-state index contributed by atoms with van der Waals surface area (Å²) in [4.78, 5) is 26.6. The fraction of sp³-hybridized carbons (Fsp3) is 0.273. The number of benzene rings is 1. The van der Waals surface area contributed by atoms with Crippen LogP contribution < -0.4 is 10.1 Å². The highest BCUT2D eigenvalue weighted by molar-refractivity contribution is 9.10. The van der Waals surface area contributed by atoms with Gasteiger partial charge in [-0.05, 0) is 35.0 Å². The number of fused-ring (bicyclic) bond motifs is 2. The van der Waals surface area contributed by atoms with E-state index >= 15 is 0 Å². The van der Waals surface area contributed by atoms with Crippen molar-refractivity contribution in [3.63, 3.8) is 0 Å². The van der Waals surface area contributed by atoms with Gasteiger partial charge in [0.2, 0.25) is 5.88 Å². The Bertz CT molecular complexity index is 1340. The third-order valence-electron chi connectivity index (χ3n) is 4.77. The second kappa shape index (κ2) is 7.56. The molecule has 9 heteroatoms. The molecule has 0 saturated carbocycles. The lowest BCUT2D eigenvalue weighted by atomic mass is 9.92. The number of rotatable bonds is 3. The first-order valence-corrected chi connectivity index (χ1v) is 10.4. The number of aromatic nitrogens is 4. The van der Waals surface area contributed by atoms with Crippen molar-refractivity contribution in [3.8, 4) is 5.88 Å². The minimum Gasteiger partial charge on any atom is -0.480 e. The molecule has 0 radical (unpaired) electrons. The zero-order chi connectivity index (χ0) is 22.5. The van der Waals surface area contributed by atoms with E-state index in [2.05, 4.69) is 31.2 Å². The molecule has 0 aliphatic rings. The molecule has 3 aromatic heterocycles. The second-order valence-corrected chi connectivity index (χ2v) is 9.12. The molecule has 0 bridgehead atoms. The van der Waals surface area contributed by atoms with Crippen LogP contribution in [0.4, 0.5) is 10.1 Å². The molecule has 160 valence electrons. The zero-order valence-corrected chi connectivity index (χ0v) is 19.3. The number of carbonyl (C=O) groups is 1. The van der Waals surface area contributed by atoms with Crippen LogP contribution in [-0.4, -0.2) is 32.4 Å². The minimum atomic E-state index is -0.522. The topological polar surface area (TPSA) is 81.4 Å². The summed E-state index contributed by atoms with van der Waals surface area (Å²) in [5.74, 6) is -0.542. The van der Waals surface area contributed by atoms with Crippen LogP contribution in [0.3, 0.4) is 0 Å². The summed E-state index contributed by atoms with van der Waals surface area (Å²) in [5, 5.41) is 2.76. The van der Waals surface area contributed by atoms with E-state index < -0.39 is 11.7 Å². The Balaban J connectivity index is 1.82. The number of halogens is 2. The predicted molar refractivity (Wildman–Crippen MR) is 120 cm³/mol. The van der Waals surface area contributed by atoms with Crippen LogP contribution in [0.2, 0.25) is 0 Å². The third kappa shape index (κ3) is 3.85. The van der Waals surface area contributed by atoms with Crippen LogP contribution >= 0.6 is 15.9 Å². The lowest BCUT2D eigenvalue weighted by Gasteiger charge is -2.21. The SMILES string of the molecule is COc1nc2c(Br)ccc(C(=O)Nc3cc(F)c4nc(C)cn4c3)c2nc1C(C)(C)C. The van der Waals surface area contributed by atoms with Gasteiger partial charge in [0.15, 0.2) is 11.5 Å². The van der Waals surface area contributed by atoms with Gasteiger partial charge in [-0.15, -0.1) is 0 Å². The van der Waals surface area contributed by atoms with E-state index in [1.165, 1.54) is 13.2 Å². The lowest BCUT2D eigenvalue weighted by Crippen LogP contribution is -2.18. The van der Waals surface area contributed by atoms with E-state index in [1.807, 2.05) is 20.8 Å². The number of nitrogens with one attached hydrogen (secondary N) is 1. The highest BCUT2D eigenvalue weighted by Gasteiger charge is 2.25. The molecule has 0 unspecified atom stereocenters. The van der Waals surface area contributed by atoms with Crippen LogP contribution in [0.15, 0.2) is 35.1 Å². The van der Waals surface area contributed by atoms with Gasteiger partial charge >= 0.3 is 0 Å². The van der Waals surface area contributed by atoms with E-state index in [4.69, 9.17) is 9.72 Å². The van der Waals surface area contributed by atoms with Crippen molar-refractivity contribution in [1.82, 2.24) is 19.4 Å². The van der Waals surface area contributed by atoms with Crippen molar-refractivity contribution in [2.75, 3.05) is 12.4 Å². The van der Waals surface area contributed by atoms with Crippen molar-refractivity contribution in [3.05, 3.63) is 57.8 Å². The Kier molecular flexibility index (Phi) is 5.17. The molecule has 0 aliphatic heterocycles. The van der Waals surface area contributed by atoms with Gasteiger partial charge in [-0.25, -0.2) is 19.3 Å². The van der Waals surface area contributed by atoms with Gasteiger partial charge in [0.05, 0.1) is 24.1 Å². The number of hydrogen-bond donors (Lipinski definition) is 1. The first kappa shape index (κ1) is 21.2. The van der Waals surface area contributed by atoms with Crippen LogP contribution in [0.5, 0.6) is 5.88 Å². The number of imidazole rings is 1. The molecule has 0 saturated heterocycles. The van der Waals surface area contributed by atoms with Gasteiger partial charge < -0.3 is 14.5 Å². The summed E-state index contributed by atoms with van der Waals surface area (Å²) < 4.78 is 22.1. The normalized spacial score (nSPS) is 11.8. The van der Waals surface area contributed by atoms with Crippen molar-refractivity contribution < 1.29 is 13.9 Å². The number of carbonyl (C=O) groups excluding carboxylic acids is 1. The molecule has 1 amide bonds. The fourth-order valence-corrected chi connectivity index (χ4v) is 3.76. The van der Waals surface area contributed by atoms with Crippen molar-refractivity contribution in [2.45, 2.75) is 33.1 Å². The molecular formula is C22H21BrFN5O2. The molecule has 1 N–H and O–H groups in total. The number of ether oxygens (including phenoxy) is 1. The van der Waals surface area contributed by atoms with Crippen LogP contribution in [-0.2, 0) is 5.41 Å². The summed E-state index contributed by atoms with van der Waals surface area (Å²) in [7, 11) is 1.54. The smallest absolute Gasteiger partial charge is 0.257 e. The molecule has 4 aromatic rings. The van der Waals surface area contributed by atoms with E-state index in [0.29, 0.717) is 44.0 Å². The molecule has 0 aliphatic carbocycles. The molecule has 0 atom stereocenters. The number of nitrogens with zero attached hydrogens (tertiary/aromatic N) is 4. The molecule has 31 heavy (non-hydrogen) atoms. The largest absolute Gasteiger partial charge is 0.480 e. The van der Waals surface area contributed by atoms with Crippen molar-refractivity contribution in [2.24, 2.45) is 0 Å². The maximum Gasteiger partial charge on any atom is 0.257 e. The zero-order valence-electron chi connectivity index (χ0n) is 17.7. The van der Waals surface area contributed by atoms with Crippen LogP contribution in [0, 0.1) is 12.7 Å². The molecule has 3 heterocycles. The van der Waals surface area contributed by atoms with Gasteiger partial charge in [0.25, 0.3) is 5.91 Å². The average Bonchev–Trinajstić information content (AvgIpc) is 3.07. The maximum absolute atomic E-state index is 14.4. The Morgan fingerprint density at radius 3 is 2.58 bits per heavy atom. The Labute approximate surface area is 186 Å². The summed E-state index contributed by atoms with van der Waals surface area (Å²) >= 11 is 3.47. The predicted octanol–water partition coefficient (Wildman–Crippen LogP) is 5.05. The number of aryl methyl sites for hydroxylation is 1. The van der Waals surface area contributed by atoms with E-state index in [0.717, 1.165) is 0 Å². The number of pyridine rings is 1. The Morgan fingerprint density at radius 1 is 1.16 bits per heavy atom. The number of methoxy groups -OCH3 is 1. The number of amides is 1. The van der Waals surface area contributed by atoms with Crippen molar-refractivity contribution >= 4 is 44.2 Å². The van der Waals surface area contributed by atoms with Gasteiger partial charge in [-0.2, -0.15) is 0 Å². The summed E-state index contributed by atoms with van der Waals surface area (Å²) in [6, 6.07) is 4.63.